The second-order valence-electron chi connectivity index (χ2n) is 6.88. The molecule has 1 amide bonds. The van der Waals surface area contributed by atoms with E-state index in [2.05, 4.69) is 37.8 Å². The maximum absolute atomic E-state index is 12.4. The molecule has 0 radical (unpaired) electrons. The van der Waals surface area contributed by atoms with Crippen molar-refractivity contribution in [1.82, 2.24) is 4.90 Å². The topological polar surface area (TPSA) is 53.0 Å². The van der Waals surface area contributed by atoms with E-state index in [0.29, 0.717) is 18.8 Å². The van der Waals surface area contributed by atoms with Crippen molar-refractivity contribution in [1.29, 1.82) is 0 Å². The fourth-order valence-corrected chi connectivity index (χ4v) is 3.29. The van der Waals surface area contributed by atoms with Gasteiger partial charge in [-0.25, -0.2) is 0 Å². The van der Waals surface area contributed by atoms with Crippen molar-refractivity contribution in [3.63, 3.8) is 0 Å². The summed E-state index contributed by atoms with van der Waals surface area (Å²) in [5, 5.41) is 9.44. The Bertz CT molecular complexity index is 796. The van der Waals surface area contributed by atoms with Crippen LogP contribution in [0, 0.1) is 20.8 Å². The summed E-state index contributed by atoms with van der Waals surface area (Å²) < 4.78 is 5.50. The molecule has 1 N–H and O–H groups in total. The number of hydrogen-bond acceptors (Lipinski definition) is 4. The Kier molecular flexibility index (Phi) is 5.35. The number of amides is 1. The number of anilines is 1. The lowest BCUT2D eigenvalue weighted by molar-refractivity contribution is -0.133. The van der Waals surface area contributed by atoms with Gasteiger partial charge in [0.2, 0.25) is 0 Å². The average Bonchev–Trinajstić information content (AvgIpc) is 2.63. The second kappa shape index (κ2) is 7.68. The van der Waals surface area contributed by atoms with Crippen LogP contribution >= 0.6 is 0 Å². The predicted molar refractivity (Wildman–Crippen MR) is 103 cm³/mol. The molecule has 0 bridgehead atoms. The molecule has 1 saturated heterocycles. The van der Waals surface area contributed by atoms with Gasteiger partial charge in [-0.1, -0.05) is 12.1 Å². The summed E-state index contributed by atoms with van der Waals surface area (Å²) in [6.07, 6.45) is 0. The van der Waals surface area contributed by atoms with E-state index >= 15 is 0 Å². The van der Waals surface area contributed by atoms with Crippen LogP contribution in [0.25, 0.3) is 0 Å². The lowest BCUT2D eigenvalue weighted by Crippen LogP contribution is -2.50. The van der Waals surface area contributed by atoms with E-state index in [-0.39, 0.29) is 18.3 Å². The van der Waals surface area contributed by atoms with Gasteiger partial charge in [-0.3, -0.25) is 4.79 Å². The Morgan fingerprint density at radius 3 is 2.38 bits per heavy atom. The molecule has 0 aromatic heterocycles. The van der Waals surface area contributed by atoms with Gasteiger partial charge in [-0.15, -0.1) is 0 Å². The molecule has 2 aromatic carbocycles. The number of phenolic OH excluding ortho intramolecular Hbond substituents is 1. The highest BCUT2D eigenvalue weighted by molar-refractivity contribution is 5.78. The molecule has 0 atom stereocenters. The first kappa shape index (κ1) is 18.1. The maximum atomic E-state index is 12.4. The number of benzene rings is 2. The summed E-state index contributed by atoms with van der Waals surface area (Å²) in [4.78, 5) is 16.6. The van der Waals surface area contributed by atoms with Crippen LogP contribution in [0.5, 0.6) is 11.5 Å². The highest BCUT2D eigenvalue weighted by Gasteiger charge is 2.22. The van der Waals surface area contributed by atoms with Crippen LogP contribution < -0.4 is 9.64 Å². The zero-order valence-electron chi connectivity index (χ0n) is 15.7. The van der Waals surface area contributed by atoms with E-state index in [9.17, 15) is 9.90 Å². The summed E-state index contributed by atoms with van der Waals surface area (Å²) in [7, 11) is 0. The molecule has 5 heteroatoms. The molecule has 1 fully saturated rings. The molecule has 5 nitrogen and oxygen atoms in total. The third-order valence-corrected chi connectivity index (χ3v) is 4.97. The molecule has 0 aliphatic carbocycles. The molecule has 0 spiro atoms. The number of carbonyl (C=O) groups excluding carboxylic acids is 1. The van der Waals surface area contributed by atoms with Gasteiger partial charge in [0, 0.05) is 37.9 Å². The molecular weight excluding hydrogens is 328 g/mol. The number of ether oxygens (including phenoxy) is 1. The smallest absolute Gasteiger partial charge is 0.260 e. The fraction of sp³-hybridized carbons (Fsp3) is 0.381. The third kappa shape index (κ3) is 4.10. The minimum Gasteiger partial charge on any atom is -0.508 e. The van der Waals surface area contributed by atoms with E-state index in [1.165, 1.54) is 28.4 Å². The molecule has 0 unspecified atom stereocenters. The first-order chi connectivity index (χ1) is 12.4. The molecule has 138 valence electrons. The van der Waals surface area contributed by atoms with Gasteiger partial charge in [0.05, 0.1) is 0 Å². The zero-order valence-corrected chi connectivity index (χ0v) is 15.7. The van der Waals surface area contributed by atoms with Crippen molar-refractivity contribution < 1.29 is 14.6 Å². The molecule has 2 aromatic rings. The van der Waals surface area contributed by atoms with Gasteiger partial charge in [0.15, 0.2) is 6.61 Å². The summed E-state index contributed by atoms with van der Waals surface area (Å²) in [5.41, 5.74) is 5.14. The van der Waals surface area contributed by atoms with E-state index < -0.39 is 0 Å². The number of rotatable bonds is 4. The standard InChI is InChI=1S/C21H26N2O3/c1-15-11-17(3)20(12-16(15)2)22-7-9-23(10-8-22)21(25)14-26-19-6-4-5-18(24)13-19/h4-6,11-13,24H,7-10,14H2,1-3H3. The molecule has 1 aliphatic heterocycles. The van der Waals surface area contributed by atoms with Gasteiger partial charge in [-0.2, -0.15) is 0 Å². The fourth-order valence-electron chi connectivity index (χ4n) is 3.29. The first-order valence-electron chi connectivity index (χ1n) is 8.96. The van der Waals surface area contributed by atoms with E-state index in [1.54, 1.807) is 18.2 Å². The second-order valence-corrected chi connectivity index (χ2v) is 6.88. The highest BCUT2D eigenvalue weighted by Crippen LogP contribution is 2.25. The Hall–Kier alpha value is -2.69. The summed E-state index contributed by atoms with van der Waals surface area (Å²) in [6, 6.07) is 11.0. The zero-order chi connectivity index (χ0) is 18.7. The van der Waals surface area contributed by atoms with Crippen LogP contribution in [0.4, 0.5) is 5.69 Å². The van der Waals surface area contributed by atoms with Gasteiger partial charge in [0.1, 0.15) is 11.5 Å². The van der Waals surface area contributed by atoms with Crippen molar-refractivity contribution in [2.75, 3.05) is 37.7 Å². The third-order valence-electron chi connectivity index (χ3n) is 4.97. The predicted octanol–water partition coefficient (Wildman–Crippen LogP) is 3.05. The largest absolute Gasteiger partial charge is 0.508 e. The first-order valence-corrected chi connectivity index (χ1v) is 8.96. The van der Waals surface area contributed by atoms with Gasteiger partial charge < -0.3 is 19.6 Å². The van der Waals surface area contributed by atoms with Crippen molar-refractivity contribution in [2.24, 2.45) is 0 Å². The van der Waals surface area contributed by atoms with Gasteiger partial charge >= 0.3 is 0 Å². The van der Waals surface area contributed by atoms with Gasteiger partial charge in [0.25, 0.3) is 5.91 Å². The Morgan fingerprint density at radius 1 is 1.00 bits per heavy atom. The molecule has 1 aliphatic rings. The van der Waals surface area contributed by atoms with Crippen LogP contribution in [0.3, 0.4) is 0 Å². The lowest BCUT2D eigenvalue weighted by Gasteiger charge is -2.37. The van der Waals surface area contributed by atoms with Crippen molar-refractivity contribution >= 4 is 11.6 Å². The number of aryl methyl sites for hydroxylation is 3. The Labute approximate surface area is 154 Å². The molecule has 0 saturated carbocycles. The lowest BCUT2D eigenvalue weighted by atomic mass is 10.0. The number of phenols is 1. The van der Waals surface area contributed by atoms with Crippen LogP contribution in [0.15, 0.2) is 36.4 Å². The van der Waals surface area contributed by atoms with Crippen LogP contribution in [-0.2, 0) is 4.79 Å². The average molecular weight is 354 g/mol. The summed E-state index contributed by atoms with van der Waals surface area (Å²) in [6.45, 7) is 9.42. The number of carbonyl (C=O) groups is 1. The van der Waals surface area contributed by atoms with Crippen LogP contribution in [-0.4, -0.2) is 48.7 Å². The quantitative estimate of drug-likeness (QED) is 0.917. The minimum atomic E-state index is -0.0233. The normalized spacial score (nSPS) is 14.4. The van der Waals surface area contributed by atoms with E-state index in [1.807, 2.05) is 4.90 Å². The van der Waals surface area contributed by atoms with Crippen molar-refractivity contribution in [3.8, 4) is 11.5 Å². The molecule has 26 heavy (non-hydrogen) atoms. The van der Waals surface area contributed by atoms with Crippen molar-refractivity contribution in [3.05, 3.63) is 53.1 Å². The number of piperazine rings is 1. The van der Waals surface area contributed by atoms with E-state index in [0.717, 1.165) is 13.1 Å². The number of nitrogens with zero attached hydrogens (tertiary/aromatic N) is 2. The number of hydrogen-bond donors (Lipinski definition) is 1. The van der Waals surface area contributed by atoms with Crippen molar-refractivity contribution in [2.45, 2.75) is 20.8 Å². The number of aromatic hydroxyl groups is 1. The monoisotopic (exact) mass is 354 g/mol. The SMILES string of the molecule is Cc1cc(C)c(N2CCN(C(=O)COc3cccc(O)c3)CC2)cc1C. The van der Waals surface area contributed by atoms with E-state index in [4.69, 9.17) is 4.74 Å². The molecule has 1 heterocycles. The van der Waals surface area contributed by atoms with Crippen LogP contribution in [0.1, 0.15) is 16.7 Å². The Morgan fingerprint density at radius 2 is 1.69 bits per heavy atom. The summed E-state index contributed by atoms with van der Waals surface area (Å²) in [5.74, 6) is 0.611. The summed E-state index contributed by atoms with van der Waals surface area (Å²) >= 11 is 0. The highest BCUT2D eigenvalue weighted by atomic mass is 16.5. The maximum Gasteiger partial charge on any atom is 0.260 e. The molecular formula is C21H26N2O3. The minimum absolute atomic E-state index is 0.00782. The molecule has 3 rings (SSSR count). The van der Waals surface area contributed by atoms with Crippen LogP contribution in [0.2, 0.25) is 0 Å². The Balaban J connectivity index is 1.55. The van der Waals surface area contributed by atoms with Gasteiger partial charge in [-0.05, 0) is 55.7 Å².